The van der Waals surface area contributed by atoms with Crippen LogP contribution in [0, 0.1) is 11.7 Å². The number of benzene rings is 1. The SMILES string of the molecule is Cl.Cl.N[C@@H]1CCC[C@H]1CC(=O)Nc1ccc(NCC2CCCO2)c(F)c1. The number of carbonyl (C=O) groups excluding carboxylic acids is 1. The number of nitrogens with one attached hydrogen (secondary N) is 2. The van der Waals surface area contributed by atoms with E-state index in [1.54, 1.807) is 12.1 Å². The van der Waals surface area contributed by atoms with Crippen LogP contribution < -0.4 is 16.4 Å². The molecule has 4 N–H and O–H groups in total. The maximum absolute atomic E-state index is 14.2. The molecule has 1 unspecified atom stereocenters. The van der Waals surface area contributed by atoms with E-state index in [2.05, 4.69) is 10.6 Å². The quantitative estimate of drug-likeness (QED) is 0.671. The van der Waals surface area contributed by atoms with E-state index in [1.165, 1.54) is 6.07 Å². The lowest BCUT2D eigenvalue weighted by atomic mass is 10.00. The molecule has 0 spiro atoms. The Morgan fingerprint density at radius 3 is 2.65 bits per heavy atom. The van der Waals surface area contributed by atoms with Crippen LogP contribution in [0.1, 0.15) is 38.5 Å². The third kappa shape index (κ3) is 6.27. The number of nitrogens with two attached hydrogens (primary N) is 1. The summed E-state index contributed by atoms with van der Waals surface area (Å²) in [6, 6.07) is 4.83. The third-order valence-corrected chi connectivity index (χ3v) is 4.96. The van der Waals surface area contributed by atoms with Crippen LogP contribution in [0.3, 0.4) is 0 Å². The van der Waals surface area contributed by atoms with Crippen molar-refractivity contribution in [3.63, 3.8) is 0 Å². The van der Waals surface area contributed by atoms with Crippen LogP contribution in [0.25, 0.3) is 0 Å². The molecular weight excluding hydrogens is 380 g/mol. The van der Waals surface area contributed by atoms with Crippen LogP contribution in [-0.4, -0.2) is 31.2 Å². The molecule has 1 saturated heterocycles. The van der Waals surface area contributed by atoms with Gasteiger partial charge in [-0.2, -0.15) is 0 Å². The summed E-state index contributed by atoms with van der Waals surface area (Å²) in [7, 11) is 0. The zero-order valence-electron chi connectivity index (χ0n) is 14.7. The summed E-state index contributed by atoms with van der Waals surface area (Å²) in [5.74, 6) is -0.234. The molecule has 0 aromatic heterocycles. The van der Waals surface area contributed by atoms with Crippen molar-refractivity contribution in [3.8, 4) is 0 Å². The summed E-state index contributed by atoms with van der Waals surface area (Å²) in [6.45, 7) is 1.38. The fraction of sp³-hybridized carbons (Fsp3) is 0.611. The number of amides is 1. The van der Waals surface area contributed by atoms with Gasteiger partial charge in [-0.05, 0) is 49.8 Å². The first kappa shape index (κ1) is 23.0. The van der Waals surface area contributed by atoms with Gasteiger partial charge in [0.05, 0.1) is 11.8 Å². The molecular formula is C18H28Cl2FN3O2. The van der Waals surface area contributed by atoms with E-state index in [4.69, 9.17) is 10.5 Å². The molecule has 148 valence electrons. The molecule has 1 aliphatic heterocycles. The summed E-state index contributed by atoms with van der Waals surface area (Å²) in [6.07, 6.45) is 5.68. The standard InChI is InChI=1S/C18H26FN3O2.2ClH/c19-15-10-13(22-18(23)9-12-3-1-5-16(12)20)6-7-17(15)21-11-14-4-2-8-24-14;;/h6-7,10,12,14,16,21H,1-5,8-9,11,20H2,(H,22,23);2*1H/t12-,14?,16+;;/m0../s1. The van der Waals surface area contributed by atoms with Crippen molar-refractivity contribution in [1.82, 2.24) is 0 Å². The summed E-state index contributed by atoms with van der Waals surface area (Å²) >= 11 is 0. The van der Waals surface area contributed by atoms with Crippen LogP contribution in [0.15, 0.2) is 18.2 Å². The second-order valence-electron chi connectivity index (χ2n) is 6.82. The average molecular weight is 408 g/mol. The maximum Gasteiger partial charge on any atom is 0.224 e. The van der Waals surface area contributed by atoms with Crippen molar-refractivity contribution in [2.75, 3.05) is 23.8 Å². The lowest BCUT2D eigenvalue weighted by Gasteiger charge is -2.16. The molecule has 2 aliphatic rings. The van der Waals surface area contributed by atoms with E-state index in [9.17, 15) is 9.18 Å². The molecule has 3 atom stereocenters. The Labute approximate surface area is 166 Å². The van der Waals surface area contributed by atoms with E-state index in [0.717, 1.165) is 38.7 Å². The normalized spacial score (nSPS) is 24.5. The molecule has 3 rings (SSSR count). The molecule has 2 fully saturated rings. The van der Waals surface area contributed by atoms with Gasteiger partial charge in [-0.1, -0.05) is 6.42 Å². The molecule has 1 heterocycles. The Bertz CT molecular complexity index is 586. The largest absolute Gasteiger partial charge is 0.380 e. The molecule has 26 heavy (non-hydrogen) atoms. The summed E-state index contributed by atoms with van der Waals surface area (Å²) in [4.78, 5) is 12.1. The average Bonchev–Trinajstić information content (AvgIpc) is 3.19. The Kier molecular flexibility index (Phi) is 9.64. The number of carbonyl (C=O) groups is 1. The van der Waals surface area contributed by atoms with Crippen molar-refractivity contribution in [1.29, 1.82) is 0 Å². The number of anilines is 2. The number of rotatable bonds is 6. The predicted molar refractivity (Wildman–Crippen MR) is 107 cm³/mol. The van der Waals surface area contributed by atoms with E-state index in [-0.39, 0.29) is 54.6 Å². The minimum Gasteiger partial charge on any atom is -0.380 e. The molecule has 1 aromatic carbocycles. The Balaban J connectivity index is 0.00000169. The zero-order chi connectivity index (χ0) is 16.9. The van der Waals surface area contributed by atoms with Gasteiger partial charge < -0.3 is 21.1 Å². The lowest BCUT2D eigenvalue weighted by molar-refractivity contribution is -0.117. The molecule has 1 aliphatic carbocycles. The van der Waals surface area contributed by atoms with Crippen LogP contribution in [0.5, 0.6) is 0 Å². The Morgan fingerprint density at radius 1 is 1.23 bits per heavy atom. The fourth-order valence-electron chi connectivity index (χ4n) is 3.53. The first-order chi connectivity index (χ1) is 11.6. The molecule has 0 bridgehead atoms. The topological polar surface area (TPSA) is 76.4 Å². The van der Waals surface area contributed by atoms with Gasteiger partial charge in [0, 0.05) is 31.3 Å². The van der Waals surface area contributed by atoms with Gasteiger partial charge in [-0.3, -0.25) is 4.79 Å². The summed E-state index contributed by atoms with van der Waals surface area (Å²) in [5, 5.41) is 5.84. The lowest BCUT2D eigenvalue weighted by Crippen LogP contribution is -2.28. The number of hydrogen-bond acceptors (Lipinski definition) is 4. The summed E-state index contributed by atoms with van der Waals surface area (Å²) in [5.41, 5.74) is 6.90. The van der Waals surface area contributed by atoms with Crippen LogP contribution >= 0.6 is 24.8 Å². The highest BCUT2D eigenvalue weighted by atomic mass is 35.5. The van der Waals surface area contributed by atoms with Gasteiger partial charge in [0.25, 0.3) is 0 Å². The monoisotopic (exact) mass is 407 g/mol. The minimum absolute atomic E-state index is 0. The zero-order valence-corrected chi connectivity index (χ0v) is 16.3. The number of hydrogen-bond donors (Lipinski definition) is 3. The van der Waals surface area contributed by atoms with Crippen molar-refractivity contribution in [2.45, 2.75) is 50.7 Å². The van der Waals surface area contributed by atoms with Crippen molar-refractivity contribution in [2.24, 2.45) is 11.7 Å². The van der Waals surface area contributed by atoms with Crippen LogP contribution in [-0.2, 0) is 9.53 Å². The predicted octanol–water partition coefficient (Wildman–Crippen LogP) is 3.72. The molecule has 5 nitrogen and oxygen atoms in total. The molecule has 8 heteroatoms. The van der Waals surface area contributed by atoms with Crippen molar-refractivity contribution in [3.05, 3.63) is 24.0 Å². The van der Waals surface area contributed by atoms with Gasteiger partial charge in [-0.25, -0.2) is 4.39 Å². The van der Waals surface area contributed by atoms with Gasteiger partial charge in [0.2, 0.25) is 5.91 Å². The van der Waals surface area contributed by atoms with E-state index >= 15 is 0 Å². The van der Waals surface area contributed by atoms with Crippen LogP contribution in [0.4, 0.5) is 15.8 Å². The van der Waals surface area contributed by atoms with E-state index in [1.807, 2.05) is 0 Å². The molecule has 0 radical (unpaired) electrons. The Hall–Kier alpha value is -1.08. The second kappa shape index (κ2) is 10.9. The smallest absolute Gasteiger partial charge is 0.224 e. The maximum atomic E-state index is 14.2. The second-order valence-corrected chi connectivity index (χ2v) is 6.82. The van der Waals surface area contributed by atoms with E-state index in [0.29, 0.717) is 24.3 Å². The third-order valence-electron chi connectivity index (χ3n) is 4.96. The van der Waals surface area contributed by atoms with Gasteiger partial charge in [0.15, 0.2) is 0 Å². The van der Waals surface area contributed by atoms with Crippen LogP contribution in [0.2, 0.25) is 0 Å². The first-order valence-electron chi connectivity index (χ1n) is 8.82. The number of halogens is 3. The summed E-state index contributed by atoms with van der Waals surface area (Å²) < 4.78 is 19.7. The van der Waals surface area contributed by atoms with Crippen molar-refractivity contribution >= 4 is 42.1 Å². The highest BCUT2D eigenvalue weighted by Gasteiger charge is 2.26. The van der Waals surface area contributed by atoms with Gasteiger partial charge in [-0.15, -0.1) is 24.8 Å². The Morgan fingerprint density at radius 2 is 2.04 bits per heavy atom. The molecule has 1 saturated carbocycles. The minimum atomic E-state index is -0.372. The molecule has 1 aromatic rings. The first-order valence-corrected chi connectivity index (χ1v) is 8.82. The highest BCUT2D eigenvalue weighted by molar-refractivity contribution is 5.91. The molecule has 1 amide bonds. The fourth-order valence-corrected chi connectivity index (χ4v) is 3.53. The highest BCUT2D eigenvalue weighted by Crippen LogP contribution is 2.27. The number of ether oxygens (including phenoxy) is 1. The van der Waals surface area contributed by atoms with Crippen molar-refractivity contribution < 1.29 is 13.9 Å². The van der Waals surface area contributed by atoms with Gasteiger partial charge >= 0.3 is 0 Å². The van der Waals surface area contributed by atoms with Gasteiger partial charge in [0.1, 0.15) is 5.82 Å². The van der Waals surface area contributed by atoms with E-state index < -0.39 is 0 Å².